The summed E-state index contributed by atoms with van der Waals surface area (Å²) in [5.41, 5.74) is 0. The van der Waals surface area contributed by atoms with E-state index in [9.17, 15) is 4.79 Å². The molecule has 0 spiro atoms. The molecule has 1 amide bonds. The minimum absolute atomic E-state index is 0.0937. The van der Waals surface area contributed by atoms with Crippen LogP contribution < -0.4 is 5.32 Å². The first-order valence-electron chi connectivity index (χ1n) is 7.64. The van der Waals surface area contributed by atoms with Gasteiger partial charge in [-0.15, -0.1) is 10.2 Å². The van der Waals surface area contributed by atoms with Crippen molar-refractivity contribution in [1.29, 1.82) is 0 Å². The smallest absolute Gasteiger partial charge is 0.236 e. The van der Waals surface area contributed by atoms with Gasteiger partial charge in [0.2, 0.25) is 5.91 Å². The molecule has 0 aromatic carbocycles. The number of pyridine rings is 1. The van der Waals surface area contributed by atoms with Gasteiger partial charge in [-0.1, -0.05) is 18.7 Å². The van der Waals surface area contributed by atoms with Gasteiger partial charge in [0, 0.05) is 23.1 Å². The maximum absolute atomic E-state index is 12.1. The maximum Gasteiger partial charge on any atom is 0.236 e. The lowest BCUT2D eigenvalue weighted by atomic mass is 10.4. The molecule has 0 bridgehead atoms. The number of hydrogen-bond donors (Lipinski definition) is 1. The minimum atomic E-state index is -0.0937. The van der Waals surface area contributed by atoms with Crippen molar-refractivity contribution in [1.82, 2.24) is 19.7 Å². The quantitative estimate of drug-likeness (QED) is 0.726. The van der Waals surface area contributed by atoms with Gasteiger partial charge < -0.3 is 9.88 Å². The van der Waals surface area contributed by atoms with Crippen molar-refractivity contribution >= 4 is 39.4 Å². The number of halogens is 1. The van der Waals surface area contributed by atoms with Gasteiger partial charge in [0.1, 0.15) is 11.6 Å². The molecule has 1 aliphatic carbocycles. The van der Waals surface area contributed by atoms with Crippen molar-refractivity contribution < 1.29 is 4.79 Å². The Labute approximate surface area is 147 Å². The summed E-state index contributed by atoms with van der Waals surface area (Å²) in [6, 6.07) is 3.60. The number of aromatic nitrogens is 4. The van der Waals surface area contributed by atoms with Crippen molar-refractivity contribution in [3.05, 3.63) is 28.6 Å². The number of hydrogen-bond acceptors (Lipinski definition) is 5. The van der Waals surface area contributed by atoms with Gasteiger partial charge in [0.05, 0.1) is 5.75 Å². The van der Waals surface area contributed by atoms with Crippen LogP contribution in [0.15, 0.2) is 28.0 Å². The zero-order valence-electron chi connectivity index (χ0n) is 12.8. The Balaban J connectivity index is 1.59. The zero-order valence-corrected chi connectivity index (χ0v) is 15.2. The van der Waals surface area contributed by atoms with E-state index in [1.165, 1.54) is 24.6 Å². The molecule has 8 heteroatoms. The first-order chi connectivity index (χ1) is 11.2. The van der Waals surface area contributed by atoms with E-state index in [1.54, 1.807) is 12.3 Å². The highest BCUT2D eigenvalue weighted by Crippen LogP contribution is 2.40. The highest BCUT2D eigenvalue weighted by Gasteiger charge is 2.30. The molecule has 23 heavy (non-hydrogen) atoms. The van der Waals surface area contributed by atoms with E-state index in [0.717, 1.165) is 28.4 Å². The number of thioether (sulfide) groups is 1. The lowest BCUT2D eigenvalue weighted by Gasteiger charge is -2.08. The maximum atomic E-state index is 12.1. The number of carbonyl (C=O) groups is 1. The molecule has 0 unspecified atom stereocenters. The Bertz CT molecular complexity index is 684. The first-order valence-corrected chi connectivity index (χ1v) is 9.42. The standard InChI is InChI=1S/C15H18BrN5OS/c1-2-7-21-14(10-3-4-10)19-20-15(21)23-9-13(22)18-12-6-5-11(16)8-17-12/h5-6,8,10H,2-4,7,9H2,1H3,(H,17,18,22). The molecule has 2 aromatic heterocycles. The molecule has 2 aromatic rings. The highest BCUT2D eigenvalue weighted by atomic mass is 79.9. The molecular weight excluding hydrogens is 378 g/mol. The Morgan fingerprint density at radius 2 is 2.26 bits per heavy atom. The van der Waals surface area contributed by atoms with Crippen LogP contribution in [-0.4, -0.2) is 31.4 Å². The van der Waals surface area contributed by atoms with Crippen LogP contribution in [-0.2, 0) is 11.3 Å². The van der Waals surface area contributed by atoms with Crippen molar-refractivity contribution in [2.24, 2.45) is 0 Å². The predicted octanol–water partition coefficient (Wildman–Crippen LogP) is 3.45. The highest BCUT2D eigenvalue weighted by molar-refractivity contribution is 9.10. The summed E-state index contributed by atoms with van der Waals surface area (Å²) in [4.78, 5) is 16.2. The van der Waals surface area contributed by atoms with E-state index < -0.39 is 0 Å². The second-order valence-electron chi connectivity index (χ2n) is 5.47. The third kappa shape index (κ3) is 4.32. The van der Waals surface area contributed by atoms with E-state index in [4.69, 9.17) is 0 Å². The third-order valence-corrected chi connectivity index (χ3v) is 4.90. The molecule has 1 N–H and O–H groups in total. The van der Waals surface area contributed by atoms with Gasteiger partial charge in [-0.3, -0.25) is 4.79 Å². The van der Waals surface area contributed by atoms with Gasteiger partial charge >= 0.3 is 0 Å². The molecule has 0 radical (unpaired) electrons. The van der Waals surface area contributed by atoms with Gasteiger partial charge in [0.15, 0.2) is 5.16 Å². The van der Waals surface area contributed by atoms with E-state index >= 15 is 0 Å². The Morgan fingerprint density at radius 1 is 1.43 bits per heavy atom. The summed E-state index contributed by atoms with van der Waals surface area (Å²) in [5, 5.41) is 12.2. The summed E-state index contributed by atoms with van der Waals surface area (Å²) in [7, 11) is 0. The molecule has 0 saturated heterocycles. The number of nitrogens with one attached hydrogen (secondary N) is 1. The van der Waals surface area contributed by atoms with Crippen LogP contribution in [0.3, 0.4) is 0 Å². The molecule has 1 aliphatic rings. The van der Waals surface area contributed by atoms with E-state index in [1.807, 2.05) is 6.07 Å². The third-order valence-electron chi connectivity index (χ3n) is 3.46. The van der Waals surface area contributed by atoms with Crippen LogP contribution in [0.5, 0.6) is 0 Å². The van der Waals surface area contributed by atoms with Crippen LogP contribution >= 0.6 is 27.7 Å². The van der Waals surface area contributed by atoms with Crippen molar-refractivity contribution in [2.75, 3.05) is 11.1 Å². The van der Waals surface area contributed by atoms with E-state index in [2.05, 4.69) is 47.9 Å². The number of carbonyl (C=O) groups excluding carboxylic acids is 1. The number of amides is 1. The monoisotopic (exact) mass is 395 g/mol. The lowest BCUT2D eigenvalue weighted by Crippen LogP contribution is -2.15. The van der Waals surface area contributed by atoms with Crippen LogP contribution in [0.1, 0.15) is 37.9 Å². The molecule has 0 aliphatic heterocycles. The summed E-state index contributed by atoms with van der Waals surface area (Å²) < 4.78 is 3.04. The van der Waals surface area contributed by atoms with E-state index in [0.29, 0.717) is 17.5 Å². The molecule has 1 fully saturated rings. The molecule has 6 nitrogen and oxygen atoms in total. The molecule has 1 saturated carbocycles. The SMILES string of the molecule is CCCn1c(SCC(=O)Nc2ccc(Br)cn2)nnc1C1CC1. The summed E-state index contributed by atoms with van der Waals surface area (Å²) in [6.07, 6.45) is 5.08. The lowest BCUT2D eigenvalue weighted by molar-refractivity contribution is -0.113. The Hall–Kier alpha value is -1.41. The van der Waals surface area contributed by atoms with Crippen molar-refractivity contribution in [3.8, 4) is 0 Å². The van der Waals surface area contributed by atoms with Crippen molar-refractivity contribution in [3.63, 3.8) is 0 Å². The van der Waals surface area contributed by atoms with E-state index in [-0.39, 0.29) is 5.91 Å². The molecule has 3 rings (SSSR count). The fraction of sp³-hybridized carbons (Fsp3) is 0.467. The average Bonchev–Trinajstić information content (AvgIpc) is 3.30. The largest absolute Gasteiger partial charge is 0.310 e. The normalized spacial score (nSPS) is 14.0. The van der Waals surface area contributed by atoms with Gasteiger partial charge in [-0.05, 0) is 47.3 Å². The van der Waals surface area contributed by atoms with Crippen molar-refractivity contribution in [2.45, 2.75) is 43.8 Å². The fourth-order valence-corrected chi connectivity index (χ4v) is 3.25. The number of anilines is 1. The number of nitrogens with zero attached hydrogens (tertiary/aromatic N) is 4. The Kier molecular flexibility index (Phi) is 5.32. The summed E-state index contributed by atoms with van der Waals surface area (Å²) in [5.74, 6) is 2.38. The van der Waals surface area contributed by atoms with Gasteiger partial charge in [-0.2, -0.15) is 0 Å². The summed E-state index contributed by atoms with van der Waals surface area (Å²) in [6.45, 7) is 3.04. The van der Waals surface area contributed by atoms with Crippen LogP contribution in [0.25, 0.3) is 0 Å². The molecule has 2 heterocycles. The Morgan fingerprint density at radius 3 is 2.91 bits per heavy atom. The van der Waals surface area contributed by atoms with Gasteiger partial charge in [0.25, 0.3) is 0 Å². The average molecular weight is 396 g/mol. The minimum Gasteiger partial charge on any atom is -0.310 e. The molecular formula is C15H18BrN5OS. The predicted molar refractivity (Wildman–Crippen MR) is 93.6 cm³/mol. The summed E-state index contributed by atoms with van der Waals surface area (Å²) >= 11 is 4.74. The molecule has 122 valence electrons. The number of rotatable bonds is 7. The first kappa shape index (κ1) is 16.4. The van der Waals surface area contributed by atoms with Gasteiger partial charge in [-0.25, -0.2) is 4.98 Å². The fourth-order valence-electron chi connectivity index (χ4n) is 2.24. The second-order valence-corrected chi connectivity index (χ2v) is 7.32. The topological polar surface area (TPSA) is 72.7 Å². The van der Waals surface area contributed by atoms with Crippen LogP contribution in [0.2, 0.25) is 0 Å². The zero-order chi connectivity index (χ0) is 16.2. The molecule has 0 atom stereocenters. The van der Waals surface area contributed by atoms with Crippen LogP contribution in [0.4, 0.5) is 5.82 Å². The van der Waals surface area contributed by atoms with Crippen LogP contribution in [0, 0.1) is 0 Å². The second kappa shape index (κ2) is 7.44.